The number of alkyl halides is 3. The van der Waals surface area contributed by atoms with Gasteiger partial charge in [0.1, 0.15) is 11.4 Å². The number of aromatic carboxylic acids is 1. The zero-order chi connectivity index (χ0) is 31.9. The first-order valence-electron chi connectivity index (χ1n) is 14.5. The molecule has 3 aliphatic rings. The van der Waals surface area contributed by atoms with Crippen LogP contribution in [0.3, 0.4) is 0 Å². The molecule has 1 aromatic carbocycles. The van der Waals surface area contributed by atoms with E-state index >= 15 is 4.39 Å². The molecular formula is C31H29F4N7O3. The van der Waals surface area contributed by atoms with Crippen molar-refractivity contribution in [2.24, 2.45) is 5.92 Å². The van der Waals surface area contributed by atoms with E-state index in [4.69, 9.17) is 0 Å². The van der Waals surface area contributed by atoms with Crippen molar-refractivity contribution in [3.63, 3.8) is 0 Å². The van der Waals surface area contributed by atoms with E-state index in [0.717, 1.165) is 25.2 Å². The third-order valence-electron chi connectivity index (χ3n) is 9.31. The van der Waals surface area contributed by atoms with Crippen LogP contribution in [0, 0.1) is 11.7 Å². The van der Waals surface area contributed by atoms with Crippen LogP contribution in [0.4, 0.5) is 28.9 Å². The minimum atomic E-state index is -4.93. The predicted molar refractivity (Wildman–Crippen MR) is 161 cm³/mol. The number of nitrogens with one attached hydrogen (secondary N) is 2. The third kappa shape index (κ3) is 4.33. The number of aromatic nitrogens is 3. The summed E-state index contributed by atoms with van der Waals surface area (Å²) in [6, 6.07) is 2.35. The molecule has 45 heavy (non-hydrogen) atoms. The zero-order valence-electron chi connectivity index (χ0n) is 24.6. The predicted octanol–water partition coefficient (Wildman–Crippen LogP) is 4.24. The van der Waals surface area contributed by atoms with Gasteiger partial charge in [0.05, 0.1) is 22.3 Å². The first kappa shape index (κ1) is 29.0. The van der Waals surface area contributed by atoms with Gasteiger partial charge in [-0.25, -0.2) is 18.8 Å². The lowest BCUT2D eigenvalue weighted by Crippen LogP contribution is -2.35. The van der Waals surface area contributed by atoms with Crippen molar-refractivity contribution in [2.45, 2.75) is 25.1 Å². The molecule has 2 fully saturated rings. The number of carbonyl (C=O) groups is 1. The molecule has 234 valence electrons. The Morgan fingerprint density at radius 3 is 2.58 bits per heavy atom. The minimum absolute atomic E-state index is 0.0236. The molecule has 3 aromatic heterocycles. The summed E-state index contributed by atoms with van der Waals surface area (Å²) in [5, 5.41) is 12.5. The number of carboxylic acid groups (broad SMARTS) is 1. The van der Waals surface area contributed by atoms with Crippen LogP contribution in [-0.2, 0) is 12.6 Å². The van der Waals surface area contributed by atoms with Crippen LogP contribution in [0.2, 0.25) is 0 Å². The maximum Gasteiger partial charge on any atom is 0.419 e. The number of pyridine rings is 3. The van der Waals surface area contributed by atoms with E-state index in [1.54, 1.807) is 13.2 Å². The molecule has 0 saturated carbocycles. The number of likely N-dealkylation sites (N-methyl/N-ethyl adjacent to an activating group) is 1. The van der Waals surface area contributed by atoms with E-state index in [2.05, 4.69) is 30.5 Å². The van der Waals surface area contributed by atoms with Gasteiger partial charge < -0.3 is 25.6 Å². The van der Waals surface area contributed by atoms with E-state index < -0.39 is 34.5 Å². The summed E-state index contributed by atoms with van der Waals surface area (Å²) in [6.45, 7) is 2.17. The molecule has 10 nitrogen and oxygen atoms in total. The maximum atomic E-state index is 16.1. The van der Waals surface area contributed by atoms with E-state index in [1.165, 1.54) is 24.0 Å². The number of nitrogens with zero attached hydrogens (tertiary/aromatic N) is 5. The molecule has 4 aromatic rings. The monoisotopic (exact) mass is 623 g/mol. The molecule has 2 atom stereocenters. The lowest BCUT2D eigenvalue weighted by atomic mass is 9.94. The molecule has 2 aliphatic heterocycles. The Kier molecular flexibility index (Phi) is 6.55. The van der Waals surface area contributed by atoms with Gasteiger partial charge in [-0.1, -0.05) is 0 Å². The number of hydrogen-bond donors (Lipinski definition) is 3. The van der Waals surface area contributed by atoms with Crippen molar-refractivity contribution in [1.82, 2.24) is 19.5 Å². The summed E-state index contributed by atoms with van der Waals surface area (Å²) < 4.78 is 59.8. The number of rotatable bonds is 5. The summed E-state index contributed by atoms with van der Waals surface area (Å²) in [7, 11) is 5.06. The van der Waals surface area contributed by atoms with Gasteiger partial charge in [0.25, 0.3) is 0 Å². The van der Waals surface area contributed by atoms with Crippen LogP contribution in [0.25, 0.3) is 33.3 Å². The molecule has 0 radical (unpaired) electrons. The summed E-state index contributed by atoms with van der Waals surface area (Å²) in [4.78, 5) is 38.6. The van der Waals surface area contributed by atoms with Crippen LogP contribution < -0.4 is 21.1 Å². The largest absolute Gasteiger partial charge is 0.477 e. The molecular weight excluding hydrogens is 594 g/mol. The lowest BCUT2D eigenvalue weighted by Gasteiger charge is -2.31. The van der Waals surface area contributed by atoms with Crippen LogP contribution in [0.5, 0.6) is 0 Å². The normalized spacial score (nSPS) is 19.1. The van der Waals surface area contributed by atoms with Gasteiger partial charge in [0, 0.05) is 92.7 Å². The van der Waals surface area contributed by atoms with Gasteiger partial charge in [-0.3, -0.25) is 9.78 Å². The Hall–Kier alpha value is -4.72. The summed E-state index contributed by atoms with van der Waals surface area (Å²) >= 11 is 0. The fourth-order valence-electron chi connectivity index (χ4n) is 7.31. The second-order valence-electron chi connectivity index (χ2n) is 11.8. The molecule has 0 bridgehead atoms. The maximum absolute atomic E-state index is 16.1. The SMILES string of the molecule is CNc1cc(C(F)(F)F)c(F)c2c1Cc1ncc(-c3cnc4c(c3)c(=O)c(C(=O)O)cn4NC)c(N3CC[C@H]4CN(C)CC43)c1-2. The summed E-state index contributed by atoms with van der Waals surface area (Å²) in [6.07, 6.45) is 0.304. The molecule has 1 unspecified atom stereocenters. The highest BCUT2D eigenvalue weighted by Crippen LogP contribution is 2.53. The van der Waals surface area contributed by atoms with Crippen molar-refractivity contribution in [1.29, 1.82) is 0 Å². The molecule has 0 spiro atoms. The lowest BCUT2D eigenvalue weighted by molar-refractivity contribution is -0.139. The van der Waals surface area contributed by atoms with Crippen molar-refractivity contribution in [3.8, 4) is 22.3 Å². The first-order valence-corrected chi connectivity index (χ1v) is 14.5. The zero-order valence-corrected chi connectivity index (χ0v) is 24.6. The van der Waals surface area contributed by atoms with E-state index in [9.17, 15) is 27.9 Å². The Morgan fingerprint density at radius 1 is 1.11 bits per heavy atom. The van der Waals surface area contributed by atoms with E-state index in [-0.39, 0.29) is 34.7 Å². The highest BCUT2D eigenvalue weighted by Gasteiger charge is 2.45. The van der Waals surface area contributed by atoms with E-state index in [0.29, 0.717) is 52.6 Å². The van der Waals surface area contributed by atoms with Crippen LogP contribution in [0.1, 0.15) is 33.6 Å². The van der Waals surface area contributed by atoms with Gasteiger partial charge in [-0.2, -0.15) is 13.2 Å². The number of halogens is 4. The molecule has 7 rings (SSSR count). The fraction of sp³-hybridized carbons (Fsp3) is 0.355. The number of benzene rings is 1. The molecule has 3 N–H and O–H groups in total. The molecule has 5 heterocycles. The fourth-order valence-corrected chi connectivity index (χ4v) is 7.31. The van der Waals surface area contributed by atoms with E-state index in [1.807, 2.05) is 7.05 Å². The third-order valence-corrected chi connectivity index (χ3v) is 9.31. The quantitative estimate of drug-likeness (QED) is 0.247. The second kappa shape index (κ2) is 10.2. The standard InChI is InChI=1S/C31H29F4N7O3/c1-36-21-8-20(31(33,34)35)26(32)24-16(21)7-22-25(24)27(41-5-4-14-11-40(3)13-23(14)41)18(10-38-22)15-6-17-28(43)19(30(44)45)12-42(37-2)29(17)39-9-15/h6,8-10,12,14,23,36-37H,4-5,7,11,13H2,1-3H3,(H,44,45)/t14-,23?/m0/s1. The van der Waals surface area contributed by atoms with Gasteiger partial charge >= 0.3 is 12.1 Å². The first-order chi connectivity index (χ1) is 21.4. The number of hydrogen-bond acceptors (Lipinski definition) is 8. The second-order valence-corrected chi connectivity index (χ2v) is 11.8. The highest BCUT2D eigenvalue weighted by molar-refractivity contribution is 5.99. The Morgan fingerprint density at radius 2 is 1.89 bits per heavy atom. The van der Waals surface area contributed by atoms with Gasteiger partial charge in [-0.15, -0.1) is 0 Å². The Balaban J connectivity index is 1.54. The van der Waals surface area contributed by atoms with Crippen molar-refractivity contribution in [3.05, 3.63) is 69.1 Å². The van der Waals surface area contributed by atoms with Crippen molar-refractivity contribution < 1.29 is 27.5 Å². The highest BCUT2D eigenvalue weighted by atomic mass is 19.4. The molecule has 14 heteroatoms. The molecule has 2 saturated heterocycles. The van der Waals surface area contributed by atoms with Crippen LogP contribution in [0.15, 0.2) is 35.5 Å². The van der Waals surface area contributed by atoms with Gasteiger partial charge in [0.15, 0.2) is 5.65 Å². The van der Waals surface area contributed by atoms with Crippen molar-refractivity contribution in [2.75, 3.05) is 56.4 Å². The Bertz CT molecular complexity index is 1980. The average Bonchev–Trinajstić information content (AvgIpc) is 3.68. The van der Waals surface area contributed by atoms with Crippen LogP contribution in [-0.4, -0.2) is 77.4 Å². The minimum Gasteiger partial charge on any atom is -0.477 e. The van der Waals surface area contributed by atoms with Crippen LogP contribution >= 0.6 is 0 Å². The molecule has 1 aliphatic carbocycles. The van der Waals surface area contributed by atoms with Gasteiger partial charge in [-0.05, 0) is 37.1 Å². The average molecular weight is 624 g/mol. The number of anilines is 2. The Labute approximate surface area is 254 Å². The smallest absolute Gasteiger partial charge is 0.419 e. The topological polar surface area (TPSA) is 116 Å². The summed E-state index contributed by atoms with van der Waals surface area (Å²) in [5.41, 5.74) is 3.00. The summed E-state index contributed by atoms with van der Waals surface area (Å²) in [5.74, 6) is -2.45. The van der Waals surface area contributed by atoms with Crippen molar-refractivity contribution >= 4 is 28.4 Å². The number of fused-ring (bicyclic) bond motifs is 5. The molecule has 0 amide bonds. The van der Waals surface area contributed by atoms with Gasteiger partial charge in [0.2, 0.25) is 5.43 Å². The number of carboxylic acids is 1. The number of likely N-dealkylation sites (tertiary alicyclic amines) is 1.